The quantitative estimate of drug-likeness (QED) is 0.0111. The van der Waals surface area contributed by atoms with E-state index in [0.717, 1.165) is 47.2 Å². The molecule has 0 saturated carbocycles. The van der Waals surface area contributed by atoms with Crippen molar-refractivity contribution in [2.24, 2.45) is 5.73 Å². The molecule has 0 radical (unpaired) electrons. The number of nitrogen functional groups attached to an aromatic ring is 1. The zero-order valence-corrected chi connectivity index (χ0v) is 41.3. The zero-order chi connectivity index (χ0) is 53.4. The van der Waals surface area contributed by atoms with Crippen LogP contribution in [0.5, 0.6) is 0 Å². The van der Waals surface area contributed by atoms with Gasteiger partial charge in [0.2, 0.25) is 12.3 Å². The van der Waals surface area contributed by atoms with E-state index in [1.165, 1.54) is 9.80 Å². The van der Waals surface area contributed by atoms with Gasteiger partial charge in [-0.05, 0) is 94.8 Å². The normalized spacial score (nSPS) is 15.7. The predicted octanol–water partition coefficient (Wildman–Crippen LogP) is -3.32. The van der Waals surface area contributed by atoms with Gasteiger partial charge in [0.15, 0.2) is 28.3 Å². The van der Waals surface area contributed by atoms with Crippen LogP contribution < -0.4 is 31.6 Å². The summed E-state index contributed by atoms with van der Waals surface area (Å²) in [5, 5.41) is 106. The van der Waals surface area contributed by atoms with Gasteiger partial charge in [0.05, 0.1) is 44.6 Å². The Morgan fingerprint density at radius 3 is 2.00 bits per heavy atom. The molecule has 0 aliphatic heterocycles. The summed E-state index contributed by atoms with van der Waals surface area (Å²) < 4.78 is 4.18. The minimum absolute atomic E-state index is 0.0778. The van der Waals surface area contributed by atoms with Crippen LogP contribution in [-0.2, 0) is 42.1 Å². The molecule has 17 N–H and O–H groups in total. The van der Waals surface area contributed by atoms with Crippen LogP contribution in [0.15, 0.2) is 54.7 Å². The Morgan fingerprint density at radius 1 is 0.808 bits per heavy atom. The maximum Gasteiger partial charge on any atom is 0.277 e. The molecule has 3 aromatic heterocycles. The first-order chi connectivity index (χ1) is 35.0. The SMILES string of the molecule is CCn1c(CN(C=O)c2nc3cc[nH]c3nc2N)[n+](CC)c2ccc(C(=O)NCCCCc3ccc(CCC(NCCCN(C[C@H](O)[C@@H](O)[C@H](O)[C@H](O)CO)C[C@H](O)[C@@H](O)[C@H](O)[C@H](O)CO)C(N)=O)cc3)cc21. The van der Waals surface area contributed by atoms with Crippen molar-refractivity contribution >= 4 is 52.1 Å². The van der Waals surface area contributed by atoms with E-state index in [0.29, 0.717) is 55.6 Å². The number of fused-ring (bicyclic) bond motifs is 2. The number of aromatic amines is 1. The highest BCUT2D eigenvalue weighted by Crippen LogP contribution is 2.25. The molecule has 402 valence electrons. The first kappa shape index (κ1) is 58.2. The molecule has 9 atom stereocenters. The number of aliphatic hydroxyl groups excluding tert-OH is 10. The molecule has 0 aliphatic carbocycles. The van der Waals surface area contributed by atoms with Gasteiger partial charge in [0.1, 0.15) is 48.7 Å². The largest absolute Gasteiger partial charge is 0.394 e. The summed E-state index contributed by atoms with van der Waals surface area (Å²) in [5.41, 5.74) is 17.4. The predicted molar refractivity (Wildman–Crippen MR) is 268 cm³/mol. The maximum atomic E-state index is 13.4. The molecule has 3 heterocycles. The molecule has 2 aromatic carbocycles. The second kappa shape index (κ2) is 28.1. The van der Waals surface area contributed by atoms with Gasteiger partial charge < -0.3 is 78.2 Å². The van der Waals surface area contributed by atoms with E-state index in [1.807, 2.05) is 50.2 Å². The molecule has 5 rings (SSSR count). The number of hydrogen-bond acceptors (Lipinski definition) is 18. The molecule has 1 unspecified atom stereocenters. The third kappa shape index (κ3) is 15.4. The number of hydrogen-bond donors (Lipinski definition) is 15. The van der Waals surface area contributed by atoms with E-state index >= 15 is 0 Å². The van der Waals surface area contributed by atoms with Gasteiger partial charge in [-0.3, -0.25) is 24.2 Å². The summed E-state index contributed by atoms with van der Waals surface area (Å²) in [7, 11) is 0. The van der Waals surface area contributed by atoms with Crippen LogP contribution in [-0.4, -0.2) is 195 Å². The lowest BCUT2D eigenvalue weighted by Crippen LogP contribution is -2.53. The van der Waals surface area contributed by atoms with E-state index in [1.54, 1.807) is 18.3 Å². The minimum Gasteiger partial charge on any atom is -0.394 e. The summed E-state index contributed by atoms with van der Waals surface area (Å²) in [6, 6.07) is 14.6. The monoisotopic (exact) mass is 1020 g/mol. The molecular formula is C49H74N11O13+. The van der Waals surface area contributed by atoms with Crippen molar-refractivity contribution in [3.8, 4) is 0 Å². The number of nitrogens with one attached hydrogen (secondary N) is 3. The molecule has 3 amide bonds. The number of aliphatic hydroxyl groups is 10. The molecule has 0 fully saturated rings. The number of primary amides is 1. The maximum absolute atomic E-state index is 13.4. The van der Waals surface area contributed by atoms with Crippen LogP contribution in [0, 0.1) is 0 Å². The second-order valence-electron chi connectivity index (χ2n) is 18.2. The molecule has 0 aliphatic rings. The lowest BCUT2D eigenvalue weighted by Gasteiger charge is -2.33. The van der Waals surface area contributed by atoms with E-state index in [9.17, 15) is 55.2 Å². The van der Waals surface area contributed by atoms with Gasteiger partial charge >= 0.3 is 0 Å². The first-order valence-electron chi connectivity index (χ1n) is 24.6. The summed E-state index contributed by atoms with van der Waals surface area (Å²) in [4.78, 5) is 52.9. The van der Waals surface area contributed by atoms with Crippen LogP contribution in [0.25, 0.3) is 22.2 Å². The number of anilines is 2. The molecule has 5 aromatic rings. The van der Waals surface area contributed by atoms with Crippen LogP contribution >= 0.6 is 0 Å². The second-order valence-corrected chi connectivity index (χ2v) is 18.2. The van der Waals surface area contributed by atoms with E-state index in [-0.39, 0.29) is 43.6 Å². The Morgan fingerprint density at radius 2 is 1.42 bits per heavy atom. The number of H-pyrrole nitrogens is 1. The third-order valence-corrected chi connectivity index (χ3v) is 13.0. The lowest BCUT2D eigenvalue weighted by molar-refractivity contribution is -0.676. The zero-order valence-electron chi connectivity index (χ0n) is 41.3. The molecule has 0 bridgehead atoms. The van der Waals surface area contributed by atoms with Gasteiger partial charge in [-0.25, -0.2) is 19.1 Å². The number of benzene rings is 2. The standard InChI is InChI=1S/C49H73N11O13/c1-3-59-34-16-14-31(22-35(34)60(4-2)40(59)25-58(28-63)48-45(50)56-47-33(55-48)17-20-53-47)49(73)54-18-6-5-8-29-9-11-30(12-10-29)13-15-32(46(51)72)52-19-7-21-57(23-36(64)41(68)43(70)38(66)26-61)24-37(65)42(69)44(71)39(67)27-62/h9-12,14,16-17,20,22,28,32,36-39,41-44,52,61-62,64-71H,3-8,13,15,18-19,21,23-27H2,1-2H3,(H5-,50,51,53,54,55,56,72,73)/p+1/t32?,36-,37-,38+,39+,41+,42+,43+,44+/m0/s1. The van der Waals surface area contributed by atoms with E-state index < -0.39 is 87.1 Å². The number of carbonyl (C=O) groups excluding carboxylic acids is 3. The lowest BCUT2D eigenvalue weighted by atomic mass is 10.0. The smallest absolute Gasteiger partial charge is 0.277 e. The number of amides is 3. The van der Waals surface area contributed by atoms with E-state index in [2.05, 4.69) is 34.7 Å². The number of carbonyl (C=O) groups is 3. The highest BCUT2D eigenvalue weighted by molar-refractivity contribution is 5.97. The Labute approximate surface area is 422 Å². The Kier molecular flexibility index (Phi) is 22.4. The summed E-state index contributed by atoms with van der Waals surface area (Å²) in [6.45, 7) is 3.58. The summed E-state index contributed by atoms with van der Waals surface area (Å²) in [6.07, 6.45) is -8.63. The van der Waals surface area contributed by atoms with Crippen LogP contribution in [0.4, 0.5) is 11.6 Å². The molecular weight excluding hydrogens is 951 g/mol. The Balaban J connectivity index is 1.08. The number of unbranched alkanes of at least 4 members (excludes halogenated alkanes) is 1. The number of imidazole rings is 1. The van der Waals surface area contributed by atoms with Crippen LogP contribution in [0.3, 0.4) is 0 Å². The number of aromatic nitrogens is 5. The fourth-order valence-electron chi connectivity index (χ4n) is 8.80. The minimum atomic E-state index is -1.91. The fourth-order valence-corrected chi connectivity index (χ4v) is 8.80. The van der Waals surface area contributed by atoms with Gasteiger partial charge in [0, 0.05) is 37.5 Å². The van der Waals surface area contributed by atoms with Crippen molar-refractivity contribution in [3.05, 3.63) is 77.2 Å². The highest BCUT2D eigenvalue weighted by atomic mass is 16.4. The van der Waals surface area contributed by atoms with Crippen molar-refractivity contribution in [3.63, 3.8) is 0 Å². The highest BCUT2D eigenvalue weighted by Gasteiger charge is 2.35. The van der Waals surface area contributed by atoms with E-state index in [4.69, 9.17) is 21.7 Å². The Hall–Kier alpha value is -5.74. The van der Waals surface area contributed by atoms with Gasteiger partial charge in [-0.1, -0.05) is 24.3 Å². The van der Waals surface area contributed by atoms with Crippen molar-refractivity contribution in [2.45, 2.75) is 127 Å². The average Bonchev–Trinajstić information content (AvgIpc) is 3.98. The first-order valence-corrected chi connectivity index (χ1v) is 24.6. The molecule has 24 heteroatoms. The fraction of sp³-hybridized carbons (Fsp3) is 0.551. The van der Waals surface area contributed by atoms with Gasteiger partial charge in [-0.2, -0.15) is 0 Å². The van der Waals surface area contributed by atoms with Crippen molar-refractivity contribution in [1.82, 2.24) is 35.1 Å². The van der Waals surface area contributed by atoms with Gasteiger partial charge in [-0.15, -0.1) is 0 Å². The molecule has 73 heavy (non-hydrogen) atoms. The number of aryl methyl sites for hydroxylation is 4. The Bertz CT molecular complexity index is 2500. The van der Waals surface area contributed by atoms with Gasteiger partial charge in [0.25, 0.3) is 11.7 Å². The molecule has 0 spiro atoms. The number of nitrogens with zero attached hydrogens (tertiary/aromatic N) is 6. The van der Waals surface area contributed by atoms with Crippen LogP contribution in [0.2, 0.25) is 0 Å². The molecule has 24 nitrogen and oxygen atoms in total. The topological polar surface area (TPSA) is 386 Å². The van der Waals surface area contributed by atoms with Crippen molar-refractivity contribution < 1.29 is 70.0 Å². The number of nitrogens with two attached hydrogens (primary N) is 2. The van der Waals surface area contributed by atoms with Crippen molar-refractivity contribution in [2.75, 3.05) is 56.6 Å². The average molecular weight is 1030 g/mol. The molecule has 0 saturated heterocycles. The van der Waals surface area contributed by atoms with Crippen LogP contribution in [0.1, 0.15) is 66.8 Å². The summed E-state index contributed by atoms with van der Waals surface area (Å²) in [5.74, 6) is 0.437. The third-order valence-electron chi connectivity index (χ3n) is 13.0. The number of rotatable bonds is 33. The van der Waals surface area contributed by atoms with Crippen molar-refractivity contribution in [1.29, 1.82) is 0 Å². The summed E-state index contributed by atoms with van der Waals surface area (Å²) >= 11 is 0.